The number of rotatable bonds is 7. The maximum absolute atomic E-state index is 4.92. The van der Waals surface area contributed by atoms with E-state index in [0.717, 1.165) is 71.6 Å². The van der Waals surface area contributed by atoms with Crippen LogP contribution in [0.5, 0.6) is 0 Å². The molecule has 0 aliphatic heterocycles. The van der Waals surface area contributed by atoms with Gasteiger partial charge >= 0.3 is 0 Å². The van der Waals surface area contributed by atoms with Crippen LogP contribution in [0.3, 0.4) is 0 Å². The van der Waals surface area contributed by atoms with Gasteiger partial charge in [-0.1, -0.05) is 78.9 Å². The number of nitrogens with zero attached hydrogens (tertiary/aromatic N) is 5. The molecule has 7 heteroatoms. The molecule has 13 rings (SSSR count). The summed E-state index contributed by atoms with van der Waals surface area (Å²) in [5.41, 5.74) is 14.5. The van der Waals surface area contributed by atoms with Gasteiger partial charge in [-0.3, -0.25) is 0 Å². The molecular formula is C56H35N5S2. The van der Waals surface area contributed by atoms with Crippen molar-refractivity contribution < 1.29 is 0 Å². The topological polar surface area (TPSA) is 38.9 Å². The van der Waals surface area contributed by atoms with E-state index >= 15 is 0 Å². The number of para-hydroxylation sites is 5. The van der Waals surface area contributed by atoms with Gasteiger partial charge in [0.2, 0.25) is 0 Å². The van der Waals surface area contributed by atoms with Gasteiger partial charge in [-0.2, -0.15) is 0 Å². The second-order valence-corrected chi connectivity index (χ2v) is 17.9. The average Bonchev–Trinajstić information content (AvgIpc) is 4.13. The summed E-state index contributed by atoms with van der Waals surface area (Å²) in [6.07, 6.45) is 0. The van der Waals surface area contributed by atoms with E-state index in [1.54, 1.807) is 22.7 Å². The molecule has 0 saturated carbocycles. The number of fused-ring (bicyclic) bond motifs is 8. The fraction of sp³-hybridized carbons (Fsp3) is 0. The molecule has 5 nitrogen and oxygen atoms in total. The normalized spacial score (nSPS) is 11.8. The van der Waals surface area contributed by atoms with Crippen LogP contribution in [0.25, 0.3) is 96.6 Å². The highest BCUT2D eigenvalue weighted by atomic mass is 32.1. The lowest BCUT2D eigenvalue weighted by molar-refractivity contribution is 1.18. The molecule has 63 heavy (non-hydrogen) atoms. The van der Waals surface area contributed by atoms with Crippen molar-refractivity contribution in [2.75, 3.05) is 4.90 Å². The van der Waals surface area contributed by atoms with Crippen LogP contribution in [0.4, 0.5) is 17.1 Å². The molecule has 296 valence electrons. The van der Waals surface area contributed by atoms with Crippen molar-refractivity contribution in [1.82, 2.24) is 19.1 Å². The number of hydrogen-bond acceptors (Lipinski definition) is 5. The summed E-state index contributed by atoms with van der Waals surface area (Å²) in [5, 5.41) is 6.90. The van der Waals surface area contributed by atoms with Gasteiger partial charge in [-0.25, -0.2) is 9.97 Å². The van der Waals surface area contributed by atoms with Gasteiger partial charge in [0, 0.05) is 61.1 Å². The van der Waals surface area contributed by atoms with E-state index in [-0.39, 0.29) is 0 Å². The van der Waals surface area contributed by atoms with E-state index in [1.165, 1.54) is 42.0 Å². The Morgan fingerprint density at radius 1 is 0.333 bits per heavy atom. The van der Waals surface area contributed by atoms with Gasteiger partial charge < -0.3 is 14.0 Å². The second-order valence-electron chi connectivity index (χ2n) is 15.8. The fourth-order valence-electron chi connectivity index (χ4n) is 9.28. The fourth-order valence-corrected chi connectivity index (χ4v) is 11.2. The largest absolute Gasteiger partial charge is 0.310 e. The van der Waals surface area contributed by atoms with Crippen molar-refractivity contribution in [3.8, 4) is 32.5 Å². The first-order valence-corrected chi connectivity index (χ1v) is 22.7. The summed E-state index contributed by atoms with van der Waals surface area (Å²) in [6, 6.07) is 76.4. The summed E-state index contributed by atoms with van der Waals surface area (Å²) in [6.45, 7) is 0. The van der Waals surface area contributed by atoms with E-state index < -0.39 is 0 Å². The van der Waals surface area contributed by atoms with Crippen LogP contribution in [0.2, 0.25) is 0 Å². The van der Waals surface area contributed by atoms with Crippen molar-refractivity contribution in [1.29, 1.82) is 0 Å². The molecule has 0 radical (unpaired) electrons. The Balaban J connectivity index is 0.918. The van der Waals surface area contributed by atoms with Gasteiger partial charge in [-0.05, 0) is 133 Å². The van der Waals surface area contributed by atoms with Crippen LogP contribution < -0.4 is 4.90 Å². The van der Waals surface area contributed by atoms with Crippen molar-refractivity contribution in [3.05, 3.63) is 212 Å². The zero-order valence-corrected chi connectivity index (χ0v) is 35.4. The van der Waals surface area contributed by atoms with E-state index in [9.17, 15) is 0 Å². The average molecular weight is 842 g/mol. The lowest BCUT2D eigenvalue weighted by Crippen LogP contribution is -2.09. The molecule has 0 bridgehead atoms. The van der Waals surface area contributed by atoms with E-state index in [4.69, 9.17) is 9.97 Å². The first-order chi connectivity index (χ1) is 31.2. The highest BCUT2D eigenvalue weighted by molar-refractivity contribution is 7.22. The zero-order chi connectivity index (χ0) is 41.4. The smallest absolute Gasteiger partial charge is 0.124 e. The maximum atomic E-state index is 4.92. The standard InChI is InChI=1S/C56H35N5S2/c1-2-12-38(13-3-1)59(41-30-32-51-45(34-41)43-14-4-8-18-49(43)60(51)39-26-22-36(23-27-39)55-57-47-16-6-10-20-53(47)62-55)42-31-33-52-46(35-42)44-15-5-9-19-50(44)61(52)40-28-24-37(25-29-40)56-58-48-17-7-11-21-54(48)63-56/h1-35H. The van der Waals surface area contributed by atoms with E-state index in [2.05, 4.69) is 214 Å². The Hall–Kier alpha value is -7.84. The predicted octanol–water partition coefficient (Wildman–Crippen LogP) is 15.9. The first kappa shape index (κ1) is 35.9. The van der Waals surface area contributed by atoms with Gasteiger partial charge in [0.05, 0.1) is 42.5 Å². The third-order valence-electron chi connectivity index (χ3n) is 12.2. The Morgan fingerprint density at radius 3 is 1.22 bits per heavy atom. The molecule has 0 saturated heterocycles. The van der Waals surface area contributed by atoms with Crippen LogP contribution in [-0.2, 0) is 0 Å². The SMILES string of the molecule is c1ccc(N(c2ccc3c(c2)c2ccccc2n3-c2ccc(-c3nc4ccccc4s3)cc2)c2ccc3c(c2)c2ccccc2n3-c2ccc(-c3nc4ccccc4s3)cc2)cc1. The number of benzene rings is 9. The molecule has 0 aliphatic carbocycles. The molecule has 0 amide bonds. The number of anilines is 3. The molecule has 4 aromatic heterocycles. The Bertz CT molecular complexity index is 3560. The number of thiazole rings is 2. The van der Waals surface area contributed by atoms with Gasteiger partial charge in [0.15, 0.2) is 0 Å². The van der Waals surface area contributed by atoms with Crippen LogP contribution in [-0.4, -0.2) is 19.1 Å². The second kappa shape index (κ2) is 14.4. The Morgan fingerprint density at radius 2 is 0.746 bits per heavy atom. The maximum Gasteiger partial charge on any atom is 0.124 e. The summed E-state index contributed by atoms with van der Waals surface area (Å²) in [7, 11) is 0. The molecule has 4 heterocycles. The minimum atomic E-state index is 1.04. The van der Waals surface area contributed by atoms with Crippen molar-refractivity contribution >= 4 is 104 Å². The summed E-state index contributed by atoms with van der Waals surface area (Å²) >= 11 is 3.47. The van der Waals surface area contributed by atoms with Crippen LogP contribution >= 0.6 is 22.7 Å². The zero-order valence-electron chi connectivity index (χ0n) is 33.8. The third-order valence-corrected chi connectivity index (χ3v) is 14.3. The molecule has 0 unspecified atom stereocenters. The molecule has 0 spiro atoms. The molecule has 9 aromatic carbocycles. The molecule has 0 fully saturated rings. The third kappa shape index (κ3) is 5.89. The van der Waals surface area contributed by atoms with Crippen molar-refractivity contribution in [3.63, 3.8) is 0 Å². The molecule has 0 N–H and O–H groups in total. The lowest BCUT2D eigenvalue weighted by atomic mass is 10.1. The van der Waals surface area contributed by atoms with Crippen LogP contribution in [0.15, 0.2) is 212 Å². The van der Waals surface area contributed by atoms with E-state index in [0.29, 0.717) is 0 Å². The van der Waals surface area contributed by atoms with E-state index in [1.807, 2.05) is 12.1 Å². The Labute approximate surface area is 370 Å². The highest BCUT2D eigenvalue weighted by Gasteiger charge is 2.20. The molecule has 13 aromatic rings. The minimum Gasteiger partial charge on any atom is -0.310 e. The molecular weight excluding hydrogens is 807 g/mol. The van der Waals surface area contributed by atoms with Gasteiger partial charge in [0.25, 0.3) is 0 Å². The Kier molecular flexibility index (Phi) is 8.19. The lowest BCUT2D eigenvalue weighted by Gasteiger charge is -2.26. The predicted molar refractivity (Wildman–Crippen MR) is 267 cm³/mol. The molecule has 0 atom stereocenters. The van der Waals surface area contributed by atoms with Crippen LogP contribution in [0, 0.1) is 0 Å². The first-order valence-electron chi connectivity index (χ1n) is 21.1. The van der Waals surface area contributed by atoms with Crippen molar-refractivity contribution in [2.24, 2.45) is 0 Å². The van der Waals surface area contributed by atoms with Crippen LogP contribution in [0.1, 0.15) is 0 Å². The monoisotopic (exact) mass is 841 g/mol. The van der Waals surface area contributed by atoms with Crippen molar-refractivity contribution in [2.45, 2.75) is 0 Å². The number of hydrogen-bond donors (Lipinski definition) is 0. The summed E-state index contributed by atoms with van der Waals surface area (Å²) in [5.74, 6) is 0. The highest BCUT2D eigenvalue weighted by Crippen LogP contribution is 2.43. The molecule has 0 aliphatic rings. The quantitative estimate of drug-likeness (QED) is 0.160. The minimum absolute atomic E-state index is 1.04. The van der Waals surface area contributed by atoms with Gasteiger partial charge in [-0.15, -0.1) is 22.7 Å². The number of aromatic nitrogens is 4. The van der Waals surface area contributed by atoms with Gasteiger partial charge in [0.1, 0.15) is 10.0 Å². The summed E-state index contributed by atoms with van der Waals surface area (Å²) in [4.78, 5) is 12.2. The summed E-state index contributed by atoms with van der Waals surface area (Å²) < 4.78 is 7.18.